The Morgan fingerprint density at radius 3 is 1.06 bits per heavy atom. The minimum absolute atomic E-state index is 0.0731. The number of nitrogens with zero attached hydrogens (tertiary/aromatic N) is 4. The van der Waals surface area contributed by atoms with E-state index in [4.69, 9.17) is 19.7 Å². The fraction of sp³-hybridized carbons (Fsp3) is 0.321. The zero-order valence-electron chi connectivity index (χ0n) is 39.8. The topological polar surface area (TPSA) is 142 Å². The van der Waals surface area contributed by atoms with Crippen molar-refractivity contribution in [1.29, 1.82) is 0 Å². The van der Waals surface area contributed by atoms with Gasteiger partial charge in [-0.15, -0.1) is 0 Å². The molecule has 7 rings (SSSR count). The second kappa shape index (κ2) is 19.3. The lowest BCUT2D eigenvalue weighted by atomic mass is 9.81. The predicted octanol–water partition coefficient (Wildman–Crippen LogP) is 13.8. The van der Waals surface area contributed by atoms with Crippen LogP contribution in [0.3, 0.4) is 0 Å². The second-order valence-corrected chi connectivity index (χ2v) is 19.6. The summed E-state index contributed by atoms with van der Waals surface area (Å²) in [5.74, 6) is 0.824. The summed E-state index contributed by atoms with van der Waals surface area (Å²) in [6.45, 7) is 19.4. The number of carbonyl (C=O) groups is 2. The first-order valence-corrected chi connectivity index (χ1v) is 22.4. The van der Waals surface area contributed by atoms with Crippen LogP contribution < -0.4 is 9.47 Å². The molecule has 0 fully saturated rings. The molecule has 0 unspecified atom stereocenters. The maximum Gasteiger partial charge on any atom is 0.167 e. The molecule has 0 spiro atoms. The molecule has 6 aromatic rings. The van der Waals surface area contributed by atoms with Gasteiger partial charge >= 0.3 is 0 Å². The maximum absolute atomic E-state index is 12.6. The van der Waals surface area contributed by atoms with E-state index in [0.717, 1.165) is 55.9 Å². The van der Waals surface area contributed by atoms with Crippen LogP contribution in [0.4, 0.5) is 22.7 Å². The minimum atomic E-state index is -0.319. The van der Waals surface area contributed by atoms with Gasteiger partial charge in [0.2, 0.25) is 0 Å². The molecule has 6 aromatic carbocycles. The van der Waals surface area contributed by atoms with Crippen molar-refractivity contribution in [1.82, 2.24) is 0 Å². The van der Waals surface area contributed by atoms with Gasteiger partial charge in [-0.05, 0) is 119 Å². The average Bonchev–Trinajstić information content (AvgIpc) is 3.24. The highest BCUT2D eigenvalue weighted by Gasteiger charge is 2.27. The smallest absolute Gasteiger partial charge is 0.167 e. The number of fused-ring (bicyclic) bond motifs is 8. The first-order chi connectivity index (χ1) is 31.2. The molecule has 0 radical (unpaired) electrons. The Morgan fingerprint density at radius 1 is 0.485 bits per heavy atom. The fourth-order valence-corrected chi connectivity index (χ4v) is 8.15. The van der Waals surface area contributed by atoms with Crippen LogP contribution in [0.2, 0.25) is 0 Å². The van der Waals surface area contributed by atoms with Gasteiger partial charge in [-0.25, -0.2) is 0 Å². The Kier molecular flexibility index (Phi) is 13.7. The molecule has 10 heteroatoms. The van der Waals surface area contributed by atoms with Crippen molar-refractivity contribution in [2.24, 2.45) is 20.5 Å². The van der Waals surface area contributed by atoms with E-state index in [1.165, 1.54) is 13.8 Å². The van der Waals surface area contributed by atoms with Crippen LogP contribution in [0.25, 0.3) is 0 Å². The van der Waals surface area contributed by atoms with Crippen LogP contribution in [0, 0.1) is 13.8 Å². The molecule has 2 N–H and O–H groups in total. The van der Waals surface area contributed by atoms with E-state index in [1.807, 2.05) is 86.6 Å². The van der Waals surface area contributed by atoms with Gasteiger partial charge in [-0.1, -0.05) is 102 Å². The summed E-state index contributed by atoms with van der Waals surface area (Å²) in [5, 5.41) is 43.7. The third-order valence-electron chi connectivity index (χ3n) is 11.9. The molecule has 1 aliphatic carbocycles. The Balaban J connectivity index is 1.55. The Morgan fingerprint density at radius 2 is 0.788 bits per heavy atom. The lowest BCUT2D eigenvalue weighted by molar-refractivity contribution is -0.119. The Hall–Kier alpha value is -6.94. The number of hydrogen-bond acceptors (Lipinski definition) is 10. The molecule has 0 aliphatic heterocycles. The van der Waals surface area contributed by atoms with Gasteiger partial charge in [0.1, 0.15) is 36.2 Å². The molecule has 0 saturated carbocycles. The van der Waals surface area contributed by atoms with Gasteiger partial charge in [0.05, 0.1) is 22.7 Å². The van der Waals surface area contributed by atoms with Crippen LogP contribution in [-0.4, -0.2) is 35.0 Å². The van der Waals surface area contributed by atoms with E-state index >= 15 is 0 Å². The molecule has 8 bridgehead atoms. The van der Waals surface area contributed by atoms with Crippen LogP contribution in [0.15, 0.2) is 118 Å². The summed E-state index contributed by atoms with van der Waals surface area (Å²) in [4.78, 5) is 25.2. The van der Waals surface area contributed by atoms with Crippen molar-refractivity contribution in [3.05, 3.63) is 164 Å². The number of benzene rings is 6. The van der Waals surface area contributed by atoms with Crippen molar-refractivity contribution in [3.8, 4) is 23.0 Å². The van der Waals surface area contributed by atoms with Crippen molar-refractivity contribution in [3.63, 3.8) is 0 Å². The number of carbonyl (C=O) groups excluding carboxylic acids is 2. The number of phenols is 2. The highest BCUT2D eigenvalue weighted by atomic mass is 16.5. The van der Waals surface area contributed by atoms with Crippen LogP contribution in [0.5, 0.6) is 23.0 Å². The number of azo groups is 2. The molecular weight excluding hydrogens is 825 g/mol. The molecule has 340 valence electrons. The summed E-state index contributed by atoms with van der Waals surface area (Å²) in [6, 6.07) is 31.2. The molecule has 0 aromatic heterocycles. The van der Waals surface area contributed by atoms with Gasteiger partial charge in [-0.2, -0.15) is 20.5 Å². The number of ketones is 2. The summed E-state index contributed by atoms with van der Waals surface area (Å²) in [5.41, 5.74) is 11.1. The van der Waals surface area contributed by atoms with Crippen molar-refractivity contribution in [2.45, 2.75) is 106 Å². The Labute approximate surface area is 388 Å². The zero-order chi connectivity index (χ0) is 47.5. The van der Waals surface area contributed by atoms with E-state index < -0.39 is 0 Å². The van der Waals surface area contributed by atoms with E-state index in [0.29, 0.717) is 45.1 Å². The molecule has 66 heavy (non-hydrogen) atoms. The molecular formula is C56H60N4O6. The van der Waals surface area contributed by atoms with E-state index in [9.17, 15) is 19.8 Å². The maximum atomic E-state index is 12.6. The minimum Gasteiger partial charge on any atom is -0.507 e. The van der Waals surface area contributed by atoms with Crippen molar-refractivity contribution in [2.75, 3.05) is 13.2 Å². The number of Topliss-reactive ketones (excluding diaryl/α,β-unsaturated/α-hetero) is 2. The molecule has 0 saturated heterocycles. The first-order valence-electron chi connectivity index (χ1n) is 22.4. The van der Waals surface area contributed by atoms with E-state index in [2.05, 4.69) is 76.0 Å². The number of aryl methyl sites for hydroxylation is 2. The summed E-state index contributed by atoms with van der Waals surface area (Å²) < 4.78 is 12.9. The molecule has 1 aliphatic rings. The molecule has 0 atom stereocenters. The number of aromatic hydroxyl groups is 2. The lowest BCUT2D eigenvalue weighted by Gasteiger charge is -2.26. The third-order valence-corrected chi connectivity index (χ3v) is 11.9. The third kappa shape index (κ3) is 11.1. The quantitative estimate of drug-likeness (QED) is 0.131. The van der Waals surface area contributed by atoms with Crippen molar-refractivity contribution >= 4 is 34.3 Å². The lowest BCUT2D eigenvalue weighted by Crippen LogP contribution is -2.16. The van der Waals surface area contributed by atoms with E-state index in [1.54, 1.807) is 0 Å². The average molecular weight is 885 g/mol. The van der Waals surface area contributed by atoms with Crippen LogP contribution in [-0.2, 0) is 46.1 Å². The summed E-state index contributed by atoms with van der Waals surface area (Å²) in [7, 11) is 0. The van der Waals surface area contributed by atoms with Gasteiger partial charge < -0.3 is 19.7 Å². The van der Waals surface area contributed by atoms with Gasteiger partial charge in [0.25, 0.3) is 0 Å². The zero-order valence-corrected chi connectivity index (χ0v) is 39.8. The largest absolute Gasteiger partial charge is 0.507 e. The fourth-order valence-electron chi connectivity index (χ4n) is 8.15. The van der Waals surface area contributed by atoms with Gasteiger partial charge in [0, 0.05) is 47.9 Å². The summed E-state index contributed by atoms with van der Waals surface area (Å²) in [6.07, 6.45) is 0.832. The number of hydrogen-bond donors (Lipinski definition) is 2. The van der Waals surface area contributed by atoms with Gasteiger partial charge in [-0.3, -0.25) is 9.59 Å². The molecule has 0 amide bonds. The highest BCUT2D eigenvalue weighted by Crippen LogP contribution is 2.44. The van der Waals surface area contributed by atoms with Crippen molar-refractivity contribution < 1.29 is 29.3 Å². The first kappa shape index (κ1) is 47.0. The number of ether oxygens (including phenoxy) is 2. The normalized spacial score (nSPS) is 13.0. The van der Waals surface area contributed by atoms with Gasteiger partial charge in [0.15, 0.2) is 11.6 Å². The predicted molar refractivity (Wildman–Crippen MR) is 261 cm³/mol. The SMILES string of the molecule is CC(=O)COc1c2cc(C(C)(C)C)cc1Cc1cc(N=Nc3ccccc3C)cc(c1O)Cc1cc(C(C)(C)C)cc(c1OCC(C)=O)Cc1cc(N=Nc3ccccc3C)cc(c1O)C2. The Bertz CT molecular complexity index is 2600. The van der Waals surface area contributed by atoms with Crippen LogP contribution >= 0.6 is 0 Å². The number of rotatable bonds is 10. The summed E-state index contributed by atoms with van der Waals surface area (Å²) >= 11 is 0. The highest BCUT2D eigenvalue weighted by molar-refractivity contribution is 5.78. The van der Waals surface area contributed by atoms with E-state index in [-0.39, 0.29) is 72.8 Å². The molecule has 0 heterocycles. The second-order valence-electron chi connectivity index (χ2n) is 19.6. The molecule has 10 nitrogen and oxygen atoms in total. The van der Waals surface area contributed by atoms with Crippen LogP contribution in [0.1, 0.15) is 122 Å². The monoisotopic (exact) mass is 884 g/mol. The standard InChI is InChI=1S/C56H60N4O6/c1-33-15-11-13-17-49(33)59-57-47-27-37-19-41-23-45(55(5,6)7)25-43(53(41)65-31-35(3)61)21-39-29-48(58-60-50-18-14-12-16-34(50)2)30-40(52(39)64)22-44-26-46(56(8,9)10)24-42(20-38(28-47)51(37)63)54(44)66-32-36(4)62/h11-18,23-30,63-64H,19-22,31-32H2,1-10H3. The number of phenolic OH excluding ortho intramolecular Hbond substituents is 2.